The van der Waals surface area contributed by atoms with E-state index < -0.39 is 6.10 Å². The van der Waals surface area contributed by atoms with E-state index in [2.05, 4.69) is 4.98 Å². The van der Waals surface area contributed by atoms with Crippen molar-refractivity contribution in [3.8, 4) is 0 Å². The predicted octanol–water partition coefficient (Wildman–Crippen LogP) is 0.715. The number of aromatic nitrogens is 2. The quantitative estimate of drug-likeness (QED) is 0.735. The van der Waals surface area contributed by atoms with Crippen LogP contribution in [0.1, 0.15) is 18.7 Å². The van der Waals surface area contributed by atoms with Crippen molar-refractivity contribution >= 4 is 5.65 Å². The molecule has 0 bridgehead atoms. The van der Waals surface area contributed by atoms with Crippen molar-refractivity contribution in [3.05, 3.63) is 36.3 Å². The standard InChI is InChI=1S/C10H13N3O/c1-7(11)10(14)8-6-13-5-3-2-4-9(13)12-8/h2-7,10,14H,11H2,1H3. The van der Waals surface area contributed by atoms with E-state index in [1.54, 1.807) is 13.1 Å². The van der Waals surface area contributed by atoms with Crippen LogP contribution in [0.25, 0.3) is 5.65 Å². The van der Waals surface area contributed by atoms with Crippen LogP contribution in [0.2, 0.25) is 0 Å². The number of hydrogen-bond acceptors (Lipinski definition) is 3. The van der Waals surface area contributed by atoms with Gasteiger partial charge < -0.3 is 15.2 Å². The van der Waals surface area contributed by atoms with E-state index in [4.69, 9.17) is 5.73 Å². The molecular weight excluding hydrogens is 178 g/mol. The van der Waals surface area contributed by atoms with Gasteiger partial charge in [-0.05, 0) is 19.1 Å². The molecule has 0 amide bonds. The number of nitrogens with zero attached hydrogens (tertiary/aromatic N) is 2. The third kappa shape index (κ3) is 1.49. The summed E-state index contributed by atoms with van der Waals surface area (Å²) in [6.45, 7) is 1.76. The molecule has 0 aromatic carbocycles. The van der Waals surface area contributed by atoms with Gasteiger partial charge in [0.15, 0.2) is 0 Å². The molecule has 0 aliphatic carbocycles. The molecule has 0 radical (unpaired) electrons. The summed E-state index contributed by atoms with van der Waals surface area (Å²) in [6, 6.07) is 5.40. The zero-order chi connectivity index (χ0) is 10.1. The highest BCUT2D eigenvalue weighted by molar-refractivity contribution is 5.39. The first kappa shape index (κ1) is 9.18. The van der Waals surface area contributed by atoms with Gasteiger partial charge in [-0.25, -0.2) is 4.98 Å². The minimum Gasteiger partial charge on any atom is -0.385 e. The lowest BCUT2D eigenvalue weighted by Gasteiger charge is -2.10. The first-order valence-electron chi connectivity index (χ1n) is 4.56. The van der Waals surface area contributed by atoms with Gasteiger partial charge in [0.05, 0.1) is 5.69 Å². The summed E-state index contributed by atoms with van der Waals surface area (Å²) >= 11 is 0. The summed E-state index contributed by atoms with van der Waals surface area (Å²) in [6.07, 6.45) is 2.98. The van der Waals surface area contributed by atoms with Crippen molar-refractivity contribution in [2.24, 2.45) is 5.73 Å². The van der Waals surface area contributed by atoms with E-state index in [0.717, 1.165) is 5.65 Å². The number of pyridine rings is 1. The second-order valence-corrected chi connectivity index (χ2v) is 3.44. The summed E-state index contributed by atoms with van der Waals surface area (Å²) in [5.74, 6) is 0. The summed E-state index contributed by atoms with van der Waals surface area (Å²) in [4.78, 5) is 4.27. The van der Waals surface area contributed by atoms with Gasteiger partial charge in [-0.3, -0.25) is 0 Å². The van der Waals surface area contributed by atoms with Crippen molar-refractivity contribution in [2.45, 2.75) is 19.1 Å². The molecule has 2 rings (SSSR count). The maximum Gasteiger partial charge on any atom is 0.137 e. The second kappa shape index (κ2) is 3.40. The normalized spacial score (nSPS) is 15.6. The highest BCUT2D eigenvalue weighted by atomic mass is 16.3. The largest absolute Gasteiger partial charge is 0.385 e. The molecule has 3 N–H and O–H groups in total. The van der Waals surface area contributed by atoms with Gasteiger partial charge in [-0.15, -0.1) is 0 Å². The van der Waals surface area contributed by atoms with E-state index in [1.165, 1.54) is 0 Å². The number of imidazole rings is 1. The number of hydrogen-bond donors (Lipinski definition) is 2. The summed E-state index contributed by atoms with van der Waals surface area (Å²) in [5.41, 5.74) is 7.03. The van der Waals surface area contributed by atoms with Crippen LogP contribution in [-0.2, 0) is 0 Å². The highest BCUT2D eigenvalue weighted by Gasteiger charge is 2.15. The van der Waals surface area contributed by atoms with E-state index in [9.17, 15) is 5.11 Å². The Morgan fingerprint density at radius 1 is 1.50 bits per heavy atom. The van der Waals surface area contributed by atoms with Gasteiger partial charge in [0.1, 0.15) is 11.8 Å². The number of rotatable bonds is 2. The highest BCUT2D eigenvalue weighted by Crippen LogP contribution is 2.15. The molecule has 74 valence electrons. The Morgan fingerprint density at radius 3 is 2.93 bits per heavy atom. The number of aliphatic hydroxyl groups excluding tert-OH is 1. The Bertz CT molecular complexity index is 403. The number of aliphatic hydroxyl groups is 1. The van der Waals surface area contributed by atoms with Crippen LogP contribution >= 0.6 is 0 Å². The SMILES string of the molecule is CC(N)C(O)c1cn2ccccc2n1. The van der Waals surface area contributed by atoms with Crippen LogP contribution in [0.15, 0.2) is 30.6 Å². The van der Waals surface area contributed by atoms with E-state index in [1.807, 2.05) is 28.8 Å². The molecule has 0 aliphatic rings. The molecule has 0 aliphatic heterocycles. The first-order valence-corrected chi connectivity index (χ1v) is 4.56. The minimum absolute atomic E-state index is 0.306. The molecule has 14 heavy (non-hydrogen) atoms. The van der Waals surface area contributed by atoms with Gasteiger partial charge >= 0.3 is 0 Å². The van der Waals surface area contributed by atoms with Crippen LogP contribution < -0.4 is 5.73 Å². The molecule has 4 heteroatoms. The minimum atomic E-state index is -0.699. The first-order chi connectivity index (χ1) is 6.68. The van der Waals surface area contributed by atoms with Gasteiger partial charge in [0.2, 0.25) is 0 Å². The van der Waals surface area contributed by atoms with E-state index in [-0.39, 0.29) is 6.04 Å². The predicted molar refractivity (Wildman–Crippen MR) is 53.8 cm³/mol. The van der Waals surface area contributed by atoms with Gasteiger partial charge in [0.25, 0.3) is 0 Å². The number of nitrogens with two attached hydrogens (primary N) is 1. The van der Waals surface area contributed by atoms with E-state index in [0.29, 0.717) is 5.69 Å². The average molecular weight is 191 g/mol. The third-order valence-corrected chi connectivity index (χ3v) is 2.18. The maximum atomic E-state index is 9.70. The Labute approximate surface area is 82.0 Å². The van der Waals surface area contributed by atoms with Gasteiger partial charge in [-0.1, -0.05) is 6.07 Å². The van der Waals surface area contributed by atoms with E-state index >= 15 is 0 Å². The number of fused-ring (bicyclic) bond motifs is 1. The van der Waals surface area contributed by atoms with Crippen LogP contribution in [0.3, 0.4) is 0 Å². The maximum absolute atomic E-state index is 9.70. The topological polar surface area (TPSA) is 63.5 Å². The zero-order valence-electron chi connectivity index (χ0n) is 7.96. The molecule has 0 spiro atoms. The fourth-order valence-corrected chi connectivity index (χ4v) is 1.37. The Kier molecular flexibility index (Phi) is 2.23. The smallest absolute Gasteiger partial charge is 0.137 e. The second-order valence-electron chi connectivity index (χ2n) is 3.44. The summed E-state index contributed by atoms with van der Waals surface area (Å²) in [7, 11) is 0. The van der Waals surface area contributed by atoms with Crippen LogP contribution in [-0.4, -0.2) is 20.5 Å². The summed E-state index contributed by atoms with van der Waals surface area (Å²) in [5, 5.41) is 9.70. The third-order valence-electron chi connectivity index (χ3n) is 2.18. The lowest BCUT2D eigenvalue weighted by Crippen LogP contribution is -2.24. The van der Waals surface area contributed by atoms with Crippen molar-refractivity contribution < 1.29 is 5.11 Å². The van der Waals surface area contributed by atoms with Crippen molar-refractivity contribution in [1.82, 2.24) is 9.38 Å². The molecule has 2 atom stereocenters. The Morgan fingerprint density at radius 2 is 2.29 bits per heavy atom. The summed E-state index contributed by atoms with van der Waals surface area (Å²) < 4.78 is 1.86. The Balaban J connectivity index is 2.45. The molecule has 2 unspecified atom stereocenters. The monoisotopic (exact) mass is 191 g/mol. The van der Waals surface area contributed by atoms with Crippen molar-refractivity contribution in [1.29, 1.82) is 0 Å². The molecule has 0 fully saturated rings. The molecule has 0 saturated heterocycles. The van der Waals surface area contributed by atoms with Crippen LogP contribution in [0, 0.1) is 0 Å². The van der Waals surface area contributed by atoms with Crippen LogP contribution in [0.5, 0.6) is 0 Å². The van der Waals surface area contributed by atoms with Gasteiger partial charge in [-0.2, -0.15) is 0 Å². The lowest BCUT2D eigenvalue weighted by molar-refractivity contribution is 0.149. The fourth-order valence-electron chi connectivity index (χ4n) is 1.37. The molecule has 2 aromatic heterocycles. The molecule has 2 heterocycles. The lowest BCUT2D eigenvalue weighted by atomic mass is 10.1. The fraction of sp³-hybridized carbons (Fsp3) is 0.300. The van der Waals surface area contributed by atoms with Crippen molar-refractivity contribution in [2.75, 3.05) is 0 Å². The zero-order valence-corrected chi connectivity index (χ0v) is 7.96. The molecule has 2 aromatic rings. The Hall–Kier alpha value is -1.39. The molecular formula is C10H13N3O. The van der Waals surface area contributed by atoms with Crippen molar-refractivity contribution in [3.63, 3.8) is 0 Å². The van der Waals surface area contributed by atoms with Gasteiger partial charge in [0, 0.05) is 18.4 Å². The molecule has 4 nitrogen and oxygen atoms in total. The molecule has 0 saturated carbocycles. The average Bonchev–Trinajstić information content (AvgIpc) is 2.59. The van der Waals surface area contributed by atoms with Crippen LogP contribution in [0.4, 0.5) is 0 Å².